The standard InChI is InChI=1S/C4H6O4.C3H6.C2H6O2/c5-3(6)1-2-4(7)8;1-3-2;3-1-2-4/h1-2H2,(H,5,6)(H,7,8);3H,1H2,2H3;3-4H,1-2H2. The van der Waals surface area contributed by atoms with Crippen LogP contribution in [0.4, 0.5) is 0 Å². The van der Waals surface area contributed by atoms with Crippen molar-refractivity contribution in [2.24, 2.45) is 0 Å². The largest absolute Gasteiger partial charge is 0.481 e. The first kappa shape index (κ1) is 19.2. The van der Waals surface area contributed by atoms with Gasteiger partial charge in [-0.3, -0.25) is 9.59 Å². The van der Waals surface area contributed by atoms with Crippen molar-refractivity contribution >= 4 is 11.9 Å². The van der Waals surface area contributed by atoms with Crippen molar-refractivity contribution in [1.82, 2.24) is 0 Å². The molecule has 0 amide bonds. The average molecular weight is 222 g/mol. The number of carbonyl (C=O) groups is 2. The van der Waals surface area contributed by atoms with Gasteiger partial charge in [0.15, 0.2) is 0 Å². The molecule has 0 saturated carbocycles. The molecular formula is C9H18O6. The van der Waals surface area contributed by atoms with Gasteiger partial charge in [0.25, 0.3) is 0 Å². The van der Waals surface area contributed by atoms with Crippen LogP contribution in [0.15, 0.2) is 12.7 Å². The van der Waals surface area contributed by atoms with Gasteiger partial charge in [-0.25, -0.2) is 0 Å². The van der Waals surface area contributed by atoms with Crippen LogP contribution in [0.2, 0.25) is 0 Å². The summed E-state index contributed by atoms with van der Waals surface area (Å²) >= 11 is 0. The summed E-state index contributed by atoms with van der Waals surface area (Å²) in [7, 11) is 0. The normalized spacial score (nSPS) is 7.40. The maximum absolute atomic E-state index is 9.64. The quantitative estimate of drug-likeness (QED) is 0.501. The molecule has 0 aliphatic carbocycles. The summed E-state index contributed by atoms with van der Waals surface area (Å²) in [5.41, 5.74) is 0. The summed E-state index contributed by atoms with van der Waals surface area (Å²) < 4.78 is 0. The highest BCUT2D eigenvalue weighted by atomic mass is 16.4. The van der Waals surface area contributed by atoms with Gasteiger partial charge in [0.1, 0.15) is 0 Å². The first-order valence-corrected chi connectivity index (χ1v) is 4.18. The summed E-state index contributed by atoms with van der Waals surface area (Å²) in [5.74, 6) is -2.15. The summed E-state index contributed by atoms with van der Waals surface area (Å²) in [6.45, 7) is 5.00. The second-order valence-electron chi connectivity index (χ2n) is 2.14. The van der Waals surface area contributed by atoms with Crippen LogP contribution >= 0.6 is 0 Å². The van der Waals surface area contributed by atoms with Crippen LogP contribution in [0, 0.1) is 0 Å². The Morgan fingerprint density at radius 3 is 1.33 bits per heavy atom. The Balaban J connectivity index is -0.000000173. The molecule has 0 unspecified atom stereocenters. The number of aliphatic carboxylic acids is 2. The number of hydrogen-bond acceptors (Lipinski definition) is 4. The lowest BCUT2D eigenvalue weighted by Crippen LogP contribution is -2.00. The van der Waals surface area contributed by atoms with Gasteiger partial charge >= 0.3 is 11.9 Å². The first-order chi connectivity index (χ1) is 6.95. The predicted octanol–water partition coefficient (Wildman–Crippen LogP) is 0.0991. The molecule has 0 aromatic rings. The molecule has 6 heteroatoms. The summed E-state index contributed by atoms with van der Waals surface area (Å²) in [6.07, 6.45) is 1.16. The molecule has 0 aliphatic heterocycles. The van der Waals surface area contributed by atoms with Crippen LogP contribution in [-0.2, 0) is 9.59 Å². The van der Waals surface area contributed by atoms with Gasteiger partial charge in [-0.1, -0.05) is 6.08 Å². The first-order valence-electron chi connectivity index (χ1n) is 4.18. The molecule has 0 rings (SSSR count). The molecule has 6 nitrogen and oxygen atoms in total. The van der Waals surface area contributed by atoms with Gasteiger partial charge in [0.05, 0.1) is 26.1 Å². The molecule has 4 N–H and O–H groups in total. The maximum atomic E-state index is 9.64. The van der Waals surface area contributed by atoms with E-state index in [2.05, 4.69) is 6.58 Å². The van der Waals surface area contributed by atoms with E-state index in [0.717, 1.165) is 0 Å². The minimum absolute atomic E-state index is 0.125. The van der Waals surface area contributed by atoms with Gasteiger partial charge in [-0.05, 0) is 6.92 Å². The fourth-order valence-corrected chi connectivity index (χ4v) is 0.214. The van der Waals surface area contributed by atoms with Crippen molar-refractivity contribution in [2.45, 2.75) is 19.8 Å². The molecule has 0 bridgehead atoms. The molecule has 0 radical (unpaired) electrons. The summed E-state index contributed by atoms with van der Waals surface area (Å²) in [5, 5.41) is 31.0. The minimum Gasteiger partial charge on any atom is -0.481 e. The Morgan fingerprint density at radius 2 is 1.27 bits per heavy atom. The monoisotopic (exact) mass is 222 g/mol. The zero-order valence-corrected chi connectivity index (χ0v) is 8.72. The van der Waals surface area contributed by atoms with E-state index in [-0.39, 0.29) is 26.1 Å². The van der Waals surface area contributed by atoms with E-state index in [9.17, 15) is 9.59 Å². The number of rotatable bonds is 4. The van der Waals surface area contributed by atoms with E-state index in [1.165, 1.54) is 0 Å². The lowest BCUT2D eigenvalue weighted by atomic mass is 10.3. The molecule has 0 aromatic carbocycles. The van der Waals surface area contributed by atoms with Crippen molar-refractivity contribution < 1.29 is 30.0 Å². The van der Waals surface area contributed by atoms with Crippen molar-refractivity contribution in [3.05, 3.63) is 12.7 Å². The number of carboxylic acids is 2. The fourth-order valence-electron chi connectivity index (χ4n) is 0.214. The number of aliphatic hydroxyl groups excluding tert-OH is 2. The van der Waals surface area contributed by atoms with Gasteiger partial charge in [-0.2, -0.15) is 0 Å². The van der Waals surface area contributed by atoms with Crippen LogP contribution < -0.4 is 0 Å². The van der Waals surface area contributed by atoms with E-state index in [1.807, 2.05) is 6.92 Å². The second-order valence-corrected chi connectivity index (χ2v) is 2.14. The van der Waals surface area contributed by atoms with Crippen LogP contribution in [0.1, 0.15) is 19.8 Å². The van der Waals surface area contributed by atoms with Crippen LogP contribution in [-0.4, -0.2) is 45.6 Å². The van der Waals surface area contributed by atoms with Crippen molar-refractivity contribution in [1.29, 1.82) is 0 Å². The van der Waals surface area contributed by atoms with E-state index >= 15 is 0 Å². The molecule has 0 atom stereocenters. The van der Waals surface area contributed by atoms with Gasteiger partial charge in [-0.15, -0.1) is 6.58 Å². The van der Waals surface area contributed by atoms with Gasteiger partial charge < -0.3 is 20.4 Å². The third-order valence-corrected chi connectivity index (χ3v) is 0.653. The molecular weight excluding hydrogens is 204 g/mol. The molecule has 0 saturated heterocycles. The Hall–Kier alpha value is -1.40. The summed E-state index contributed by atoms with van der Waals surface area (Å²) in [6, 6.07) is 0. The molecule has 0 aromatic heterocycles. The van der Waals surface area contributed by atoms with Crippen molar-refractivity contribution in [3.63, 3.8) is 0 Å². The van der Waals surface area contributed by atoms with Crippen LogP contribution in [0.3, 0.4) is 0 Å². The van der Waals surface area contributed by atoms with Gasteiger partial charge in [0, 0.05) is 0 Å². The van der Waals surface area contributed by atoms with Crippen molar-refractivity contribution in [2.75, 3.05) is 13.2 Å². The lowest BCUT2D eigenvalue weighted by Gasteiger charge is -1.85. The van der Waals surface area contributed by atoms with Crippen LogP contribution in [0.5, 0.6) is 0 Å². The Kier molecular flexibility index (Phi) is 23.6. The summed E-state index contributed by atoms with van der Waals surface area (Å²) in [4.78, 5) is 19.3. The number of allylic oxidation sites excluding steroid dienone is 1. The van der Waals surface area contributed by atoms with E-state index in [1.54, 1.807) is 6.08 Å². The van der Waals surface area contributed by atoms with Crippen molar-refractivity contribution in [3.8, 4) is 0 Å². The zero-order valence-electron chi connectivity index (χ0n) is 8.72. The number of hydrogen-bond donors (Lipinski definition) is 4. The lowest BCUT2D eigenvalue weighted by molar-refractivity contribution is -0.143. The fraction of sp³-hybridized carbons (Fsp3) is 0.556. The molecule has 0 spiro atoms. The minimum atomic E-state index is -1.08. The third-order valence-electron chi connectivity index (χ3n) is 0.653. The second kappa shape index (κ2) is 18.4. The average Bonchev–Trinajstić information content (AvgIpc) is 2.16. The maximum Gasteiger partial charge on any atom is 0.303 e. The molecule has 0 aliphatic rings. The van der Waals surface area contributed by atoms with E-state index in [4.69, 9.17) is 20.4 Å². The highest BCUT2D eigenvalue weighted by Gasteiger charge is 2.00. The highest BCUT2D eigenvalue weighted by Crippen LogP contribution is 1.86. The Labute approximate surface area is 88.5 Å². The van der Waals surface area contributed by atoms with E-state index in [0.29, 0.717) is 0 Å². The zero-order chi connectivity index (χ0) is 12.7. The van der Waals surface area contributed by atoms with Crippen LogP contribution in [0.25, 0.3) is 0 Å². The molecule has 0 fully saturated rings. The topological polar surface area (TPSA) is 115 Å². The molecule has 90 valence electrons. The molecule has 0 heterocycles. The number of aliphatic hydroxyl groups is 2. The predicted molar refractivity (Wildman–Crippen MR) is 54.5 cm³/mol. The smallest absolute Gasteiger partial charge is 0.303 e. The Bertz CT molecular complexity index is 150. The Morgan fingerprint density at radius 1 is 1.07 bits per heavy atom. The SMILES string of the molecule is C=CC.O=C(O)CCC(=O)O.OCCO. The highest BCUT2D eigenvalue weighted by molar-refractivity contribution is 5.75. The number of carboxylic acid groups (broad SMARTS) is 2. The van der Waals surface area contributed by atoms with Gasteiger partial charge in [0.2, 0.25) is 0 Å². The van der Waals surface area contributed by atoms with E-state index < -0.39 is 11.9 Å². The third kappa shape index (κ3) is 66.9. The molecule has 15 heavy (non-hydrogen) atoms.